The van der Waals surface area contributed by atoms with Crippen molar-refractivity contribution in [1.29, 1.82) is 0 Å². The van der Waals surface area contributed by atoms with Crippen molar-refractivity contribution in [3.8, 4) is 5.75 Å². The number of nitro groups is 1. The third-order valence-corrected chi connectivity index (χ3v) is 3.85. The average Bonchev–Trinajstić information content (AvgIpc) is 2.67. The van der Waals surface area contributed by atoms with Crippen LogP contribution in [0.5, 0.6) is 5.75 Å². The van der Waals surface area contributed by atoms with E-state index in [4.69, 9.17) is 4.74 Å². The van der Waals surface area contributed by atoms with Gasteiger partial charge in [-0.05, 0) is 17.2 Å². The highest BCUT2D eigenvalue weighted by molar-refractivity contribution is 5.91. The molecule has 0 aliphatic rings. The summed E-state index contributed by atoms with van der Waals surface area (Å²) >= 11 is 0. The summed E-state index contributed by atoms with van der Waals surface area (Å²) in [6, 6.07) is 22.3. The normalized spacial score (nSPS) is 10.5. The number of aromatic carboxylic acids is 1. The van der Waals surface area contributed by atoms with E-state index in [0.717, 1.165) is 17.2 Å². The van der Waals surface area contributed by atoms with E-state index in [1.807, 2.05) is 60.7 Å². The van der Waals surface area contributed by atoms with Gasteiger partial charge in [0.2, 0.25) is 0 Å². The van der Waals surface area contributed by atoms with Crippen molar-refractivity contribution < 1.29 is 19.6 Å². The summed E-state index contributed by atoms with van der Waals surface area (Å²) in [5.41, 5.74) is 1.13. The van der Waals surface area contributed by atoms with Crippen LogP contribution in [0.1, 0.15) is 27.6 Å². The molecule has 0 saturated heterocycles. The van der Waals surface area contributed by atoms with Crippen LogP contribution in [0, 0.1) is 10.1 Å². The van der Waals surface area contributed by atoms with Crippen LogP contribution in [0.25, 0.3) is 0 Å². The topological polar surface area (TPSA) is 89.7 Å². The highest BCUT2D eigenvalue weighted by Gasteiger charge is 2.22. The molecule has 3 aromatic rings. The first kappa shape index (κ1) is 17.2. The summed E-state index contributed by atoms with van der Waals surface area (Å²) in [6.45, 7) is 0. The largest absolute Gasteiger partial charge is 0.480 e. The van der Waals surface area contributed by atoms with Gasteiger partial charge in [0.1, 0.15) is 17.4 Å². The maximum atomic E-state index is 11.5. The fraction of sp³-hybridized carbons (Fsp3) is 0.0500. The van der Waals surface area contributed by atoms with Crippen LogP contribution in [0.2, 0.25) is 0 Å². The van der Waals surface area contributed by atoms with E-state index in [9.17, 15) is 20.0 Å². The van der Waals surface area contributed by atoms with Crippen LogP contribution in [-0.2, 0) is 0 Å². The second kappa shape index (κ2) is 7.48. The molecule has 0 aliphatic heterocycles. The molecule has 0 unspecified atom stereocenters. The van der Waals surface area contributed by atoms with Gasteiger partial charge in [0.15, 0.2) is 0 Å². The predicted molar refractivity (Wildman–Crippen MR) is 95.4 cm³/mol. The molecule has 0 aromatic heterocycles. The molecule has 6 heteroatoms. The van der Waals surface area contributed by atoms with Gasteiger partial charge in [0.25, 0.3) is 5.69 Å². The van der Waals surface area contributed by atoms with E-state index < -0.39 is 17.0 Å². The zero-order valence-corrected chi connectivity index (χ0v) is 13.6. The molecule has 0 radical (unpaired) electrons. The Kier molecular flexibility index (Phi) is 4.94. The Bertz CT molecular complexity index is 886. The van der Waals surface area contributed by atoms with Crippen molar-refractivity contribution >= 4 is 11.7 Å². The zero-order chi connectivity index (χ0) is 18.5. The fourth-order valence-corrected chi connectivity index (χ4v) is 2.61. The van der Waals surface area contributed by atoms with Gasteiger partial charge in [-0.15, -0.1) is 0 Å². The Morgan fingerprint density at radius 1 is 0.923 bits per heavy atom. The summed E-state index contributed by atoms with van der Waals surface area (Å²) in [6.07, 6.45) is -0.544. The molecule has 0 spiro atoms. The Balaban J connectivity index is 2.05. The van der Waals surface area contributed by atoms with Gasteiger partial charge in [0.05, 0.1) is 4.92 Å². The molecular weight excluding hydrogens is 334 g/mol. The quantitative estimate of drug-likeness (QED) is 0.524. The third-order valence-electron chi connectivity index (χ3n) is 3.85. The third kappa shape index (κ3) is 3.70. The number of nitrogens with zero attached hydrogens (tertiary/aromatic N) is 1. The van der Waals surface area contributed by atoms with Gasteiger partial charge in [-0.3, -0.25) is 10.1 Å². The Morgan fingerprint density at radius 2 is 1.46 bits per heavy atom. The lowest BCUT2D eigenvalue weighted by Crippen LogP contribution is -2.12. The minimum atomic E-state index is -1.29. The SMILES string of the molecule is O=C(O)c1cc([N+](=O)[O-])ccc1OC(c1ccccc1)c1ccccc1. The van der Waals surface area contributed by atoms with Crippen molar-refractivity contribution in [2.24, 2.45) is 0 Å². The maximum absolute atomic E-state index is 11.5. The van der Waals surface area contributed by atoms with Crippen molar-refractivity contribution in [2.45, 2.75) is 6.10 Å². The van der Waals surface area contributed by atoms with E-state index >= 15 is 0 Å². The van der Waals surface area contributed by atoms with Crippen LogP contribution in [-0.4, -0.2) is 16.0 Å². The van der Waals surface area contributed by atoms with Crippen LogP contribution in [0.3, 0.4) is 0 Å². The lowest BCUT2D eigenvalue weighted by molar-refractivity contribution is -0.384. The molecule has 0 atom stereocenters. The number of rotatable bonds is 6. The van der Waals surface area contributed by atoms with E-state index in [1.54, 1.807) is 0 Å². The van der Waals surface area contributed by atoms with Gasteiger partial charge >= 0.3 is 5.97 Å². The van der Waals surface area contributed by atoms with Crippen LogP contribution in [0.15, 0.2) is 78.9 Å². The molecule has 0 aliphatic carbocycles. The molecule has 0 heterocycles. The molecule has 0 saturated carbocycles. The van der Waals surface area contributed by atoms with Crippen LogP contribution in [0.4, 0.5) is 5.69 Å². The molecule has 130 valence electrons. The first-order valence-corrected chi connectivity index (χ1v) is 7.84. The lowest BCUT2D eigenvalue weighted by atomic mass is 10.0. The van der Waals surface area contributed by atoms with Crippen molar-refractivity contribution in [1.82, 2.24) is 0 Å². The first-order valence-electron chi connectivity index (χ1n) is 7.84. The van der Waals surface area contributed by atoms with Gasteiger partial charge in [-0.1, -0.05) is 60.7 Å². The Morgan fingerprint density at radius 3 is 1.92 bits per heavy atom. The smallest absolute Gasteiger partial charge is 0.339 e. The number of ether oxygens (including phenoxy) is 1. The van der Waals surface area contributed by atoms with Gasteiger partial charge in [-0.2, -0.15) is 0 Å². The second-order valence-corrected chi connectivity index (χ2v) is 5.56. The van der Waals surface area contributed by atoms with Crippen LogP contribution < -0.4 is 4.74 Å². The highest BCUT2D eigenvalue weighted by Crippen LogP contribution is 2.32. The summed E-state index contributed by atoms with van der Waals surface area (Å²) in [7, 11) is 0. The van der Waals surface area contributed by atoms with Crippen LogP contribution >= 0.6 is 0 Å². The fourth-order valence-electron chi connectivity index (χ4n) is 2.61. The first-order chi connectivity index (χ1) is 12.6. The van der Waals surface area contributed by atoms with E-state index in [2.05, 4.69) is 0 Å². The Hall–Kier alpha value is -3.67. The number of hydrogen-bond donors (Lipinski definition) is 1. The van der Waals surface area contributed by atoms with Gasteiger partial charge < -0.3 is 9.84 Å². The molecule has 3 aromatic carbocycles. The molecular formula is C20H15NO5. The molecule has 0 amide bonds. The van der Waals surface area contributed by atoms with Gasteiger partial charge in [-0.25, -0.2) is 4.79 Å². The van der Waals surface area contributed by atoms with E-state index in [-0.39, 0.29) is 17.0 Å². The summed E-state index contributed by atoms with van der Waals surface area (Å²) in [5, 5.41) is 20.3. The minimum absolute atomic E-state index is 0.0702. The summed E-state index contributed by atoms with van der Waals surface area (Å²) in [4.78, 5) is 21.8. The maximum Gasteiger partial charge on any atom is 0.339 e. The average molecular weight is 349 g/mol. The number of carboxylic acid groups (broad SMARTS) is 1. The Labute approximate surface area is 149 Å². The predicted octanol–water partition coefficient (Wildman–Crippen LogP) is 4.46. The number of non-ortho nitro benzene ring substituents is 1. The number of nitro benzene ring substituents is 1. The number of benzene rings is 3. The van der Waals surface area contributed by atoms with Gasteiger partial charge in [0, 0.05) is 12.1 Å². The highest BCUT2D eigenvalue weighted by atomic mass is 16.6. The second-order valence-electron chi connectivity index (χ2n) is 5.56. The zero-order valence-electron chi connectivity index (χ0n) is 13.6. The minimum Gasteiger partial charge on any atom is -0.480 e. The van der Waals surface area contributed by atoms with Crippen molar-refractivity contribution in [2.75, 3.05) is 0 Å². The van der Waals surface area contributed by atoms with Crippen molar-refractivity contribution in [3.63, 3.8) is 0 Å². The van der Waals surface area contributed by atoms with E-state index in [0.29, 0.717) is 0 Å². The molecule has 26 heavy (non-hydrogen) atoms. The molecule has 0 fully saturated rings. The number of hydrogen-bond acceptors (Lipinski definition) is 4. The molecule has 6 nitrogen and oxygen atoms in total. The monoisotopic (exact) mass is 349 g/mol. The molecule has 1 N–H and O–H groups in total. The number of carbonyl (C=O) groups is 1. The van der Waals surface area contributed by atoms with E-state index in [1.165, 1.54) is 12.1 Å². The van der Waals surface area contributed by atoms with Crippen molar-refractivity contribution in [3.05, 3.63) is 106 Å². The molecule has 0 bridgehead atoms. The summed E-state index contributed by atoms with van der Waals surface area (Å²) in [5.74, 6) is -1.22. The molecule has 3 rings (SSSR count). The standard InChI is InChI=1S/C20H15NO5/c22-20(23)17-13-16(21(24)25)11-12-18(17)26-19(14-7-3-1-4-8-14)15-9-5-2-6-10-15/h1-13,19H,(H,22,23). The number of carboxylic acids is 1. The lowest BCUT2D eigenvalue weighted by Gasteiger charge is -2.21. The summed E-state index contributed by atoms with van der Waals surface area (Å²) < 4.78 is 6.01.